The highest BCUT2D eigenvalue weighted by Gasteiger charge is 2.37. The van der Waals surface area contributed by atoms with Crippen molar-refractivity contribution >= 4 is 17.7 Å². The van der Waals surface area contributed by atoms with E-state index in [1.165, 1.54) is 12.1 Å². The molecule has 2 aliphatic rings. The number of piperazine rings is 1. The van der Waals surface area contributed by atoms with E-state index in [1.807, 2.05) is 6.92 Å². The fourth-order valence-electron chi connectivity index (χ4n) is 3.38. The first-order valence-electron chi connectivity index (χ1n) is 8.56. The molecule has 25 heavy (non-hydrogen) atoms. The Hall–Kier alpha value is -2.44. The van der Waals surface area contributed by atoms with Crippen molar-refractivity contribution in [1.82, 2.24) is 14.7 Å². The Morgan fingerprint density at radius 1 is 1.12 bits per heavy atom. The summed E-state index contributed by atoms with van der Waals surface area (Å²) >= 11 is 0. The monoisotopic (exact) mass is 347 g/mol. The van der Waals surface area contributed by atoms with Gasteiger partial charge in [0.25, 0.3) is 0 Å². The van der Waals surface area contributed by atoms with E-state index >= 15 is 0 Å². The summed E-state index contributed by atoms with van der Waals surface area (Å²) in [6, 6.07) is 6.06. The van der Waals surface area contributed by atoms with Crippen LogP contribution in [0.4, 0.5) is 4.39 Å². The summed E-state index contributed by atoms with van der Waals surface area (Å²) in [5.74, 6) is -0.886. The summed E-state index contributed by atoms with van der Waals surface area (Å²) in [6.07, 6.45) is 0.233. The van der Waals surface area contributed by atoms with Crippen LogP contribution in [0, 0.1) is 11.7 Å². The van der Waals surface area contributed by atoms with Crippen molar-refractivity contribution < 1.29 is 18.8 Å². The van der Waals surface area contributed by atoms with Crippen LogP contribution in [-0.4, -0.2) is 65.1 Å². The average Bonchev–Trinajstić information content (AvgIpc) is 2.99. The molecule has 3 rings (SSSR count). The Labute approximate surface area is 146 Å². The summed E-state index contributed by atoms with van der Waals surface area (Å²) in [5, 5.41) is 0. The zero-order chi connectivity index (χ0) is 18.0. The molecular weight excluding hydrogens is 325 g/mol. The third kappa shape index (κ3) is 3.81. The number of carbonyl (C=O) groups excluding carboxylic acids is 3. The predicted octanol–water partition coefficient (Wildman–Crippen LogP) is 0.865. The van der Waals surface area contributed by atoms with Gasteiger partial charge in [0.1, 0.15) is 5.82 Å². The van der Waals surface area contributed by atoms with Crippen LogP contribution in [0.5, 0.6) is 0 Å². The third-order valence-electron chi connectivity index (χ3n) is 4.86. The number of amides is 3. The molecule has 1 aromatic carbocycles. The van der Waals surface area contributed by atoms with Crippen molar-refractivity contribution in [1.29, 1.82) is 0 Å². The van der Waals surface area contributed by atoms with Crippen LogP contribution in [0.2, 0.25) is 0 Å². The van der Waals surface area contributed by atoms with Crippen LogP contribution in [0.25, 0.3) is 0 Å². The highest BCUT2D eigenvalue weighted by molar-refractivity contribution is 5.92. The zero-order valence-electron chi connectivity index (χ0n) is 14.3. The summed E-state index contributed by atoms with van der Waals surface area (Å²) < 4.78 is 13.0. The second kappa shape index (κ2) is 7.21. The van der Waals surface area contributed by atoms with Gasteiger partial charge in [0.2, 0.25) is 17.7 Å². The number of hydrogen-bond donors (Lipinski definition) is 0. The van der Waals surface area contributed by atoms with Gasteiger partial charge in [-0.25, -0.2) is 4.39 Å². The molecule has 2 fully saturated rings. The minimum atomic E-state index is -0.344. The topological polar surface area (TPSA) is 60.9 Å². The molecule has 3 amide bonds. The Morgan fingerprint density at radius 2 is 1.84 bits per heavy atom. The molecule has 6 nitrogen and oxygen atoms in total. The molecule has 0 bridgehead atoms. The lowest BCUT2D eigenvalue weighted by Gasteiger charge is -2.35. The fraction of sp³-hybridized carbons (Fsp3) is 0.500. The van der Waals surface area contributed by atoms with E-state index in [2.05, 4.69) is 0 Å². The quantitative estimate of drug-likeness (QED) is 0.812. The number of hydrogen-bond acceptors (Lipinski definition) is 3. The molecule has 2 heterocycles. The molecule has 2 aliphatic heterocycles. The Kier molecular flexibility index (Phi) is 5.01. The third-order valence-corrected chi connectivity index (χ3v) is 4.86. The predicted molar refractivity (Wildman–Crippen MR) is 88.8 cm³/mol. The van der Waals surface area contributed by atoms with Gasteiger partial charge in [-0.05, 0) is 24.6 Å². The van der Waals surface area contributed by atoms with Crippen LogP contribution >= 0.6 is 0 Å². The molecule has 0 radical (unpaired) electrons. The van der Waals surface area contributed by atoms with Crippen LogP contribution < -0.4 is 0 Å². The summed E-state index contributed by atoms with van der Waals surface area (Å²) in [5.41, 5.74) is 0.856. The largest absolute Gasteiger partial charge is 0.342 e. The first-order valence-corrected chi connectivity index (χ1v) is 8.56. The van der Waals surface area contributed by atoms with Crippen molar-refractivity contribution in [2.24, 2.45) is 5.92 Å². The molecule has 134 valence electrons. The molecule has 0 saturated carbocycles. The summed E-state index contributed by atoms with van der Waals surface area (Å²) in [7, 11) is 0. The summed E-state index contributed by atoms with van der Waals surface area (Å²) in [4.78, 5) is 41.7. The number of carbonyl (C=O) groups is 3. The number of likely N-dealkylation sites (tertiary alicyclic amines) is 1. The van der Waals surface area contributed by atoms with E-state index in [1.54, 1.807) is 26.8 Å². The molecule has 0 N–H and O–H groups in total. The Balaban J connectivity index is 1.56. The van der Waals surface area contributed by atoms with Gasteiger partial charge in [0, 0.05) is 39.1 Å². The first-order chi connectivity index (χ1) is 12.0. The maximum absolute atomic E-state index is 13.0. The highest BCUT2D eigenvalue weighted by Crippen LogP contribution is 2.21. The highest BCUT2D eigenvalue weighted by atomic mass is 19.1. The minimum absolute atomic E-state index is 0.00197. The van der Waals surface area contributed by atoms with Gasteiger partial charge in [-0.3, -0.25) is 14.4 Å². The normalized spacial score (nSPS) is 21.2. The van der Waals surface area contributed by atoms with Crippen molar-refractivity contribution in [2.75, 3.05) is 32.7 Å². The lowest BCUT2D eigenvalue weighted by molar-refractivity contribution is -0.147. The van der Waals surface area contributed by atoms with Gasteiger partial charge in [0.05, 0.1) is 12.5 Å². The van der Waals surface area contributed by atoms with Gasteiger partial charge in [-0.1, -0.05) is 12.1 Å². The van der Waals surface area contributed by atoms with E-state index in [9.17, 15) is 18.8 Å². The molecule has 1 atom stereocenters. The van der Waals surface area contributed by atoms with Gasteiger partial charge >= 0.3 is 0 Å². The second-order valence-corrected chi connectivity index (χ2v) is 6.53. The Morgan fingerprint density at radius 3 is 2.44 bits per heavy atom. The average molecular weight is 347 g/mol. The number of nitrogens with zero attached hydrogens (tertiary/aromatic N) is 3. The van der Waals surface area contributed by atoms with Crippen LogP contribution in [0.15, 0.2) is 24.3 Å². The second-order valence-electron chi connectivity index (χ2n) is 6.53. The smallest absolute Gasteiger partial charge is 0.242 e. The Bertz CT molecular complexity index is 677. The van der Waals surface area contributed by atoms with Crippen molar-refractivity contribution in [3.63, 3.8) is 0 Å². The molecule has 1 aromatic rings. The molecule has 1 unspecified atom stereocenters. The maximum Gasteiger partial charge on any atom is 0.242 e. The van der Waals surface area contributed by atoms with Crippen LogP contribution in [0.1, 0.15) is 18.9 Å². The molecule has 7 heteroatoms. The molecular formula is C18H22FN3O3. The molecule has 0 spiro atoms. The van der Waals surface area contributed by atoms with E-state index in [0.717, 1.165) is 5.56 Å². The molecule has 0 aliphatic carbocycles. The van der Waals surface area contributed by atoms with Crippen molar-refractivity contribution in [3.05, 3.63) is 35.6 Å². The number of halogens is 1. The van der Waals surface area contributed by atoms with Crippen LogP contribution in [0.3, 0.4) is 0 Å². The van der Waals surface area contributed by atoms with E-state index in [0.29, 0.717) is 32.7 Å². The zero-order valence-corrected chi connectivity index (χ0v) is 14.3. The number of benzene rings is 1. The fourth-order valence-corrected chi connectivity index (χ4v) is 3.38. The van der Waals surface area contributed by atoms with Gasteiger partial charge in [0.15, 0.2) is 0 Å². The minimum Gasteiger partial charge on any atom is -0.342 e. The van der Waals surface area contributed by atoms with Crippen molar-refractivity contribution in [2.45, 2.75) is 19.9 Å². The van der Waals surface area contributed by atoms with Crippen molar-refractivity contribution in [3.8, 4) is 0 Å². The SMILES string of the molecule is CCN1CC(C(=O)N2CCN(Cc3ccc(F)cc3)C(=O)C2)CC1=O. The first kappa shape index (κ1) is 17.4. The lowest BCUT2D eigenvalue weighted by Crippen LogP contribution is -2.53. The van der Waals surface area contributed by atoms with E-state index in [-0.39, 0.29) is 42.4 Å². The van der Waals surface area contributed by atoms with Crippen LogP contribution in [-0.2, 0) is 20.9 Å². The summed E-state index contributed by atoms with van der Waals surface area (Å²) in [6.45, 7) is 4.29. The molecule has 0 aromatic heterocycles. The van der Waals surface area contributed by atoms with Gasteiger partial charge in [-0.2, -0.15) is 0 Å². The maximum atomic E-state index is 13.0. The number of rotatable bonds is 4. The van der Waals surface area contributed by atoms with E-state index in [4.69, 9.17) is 0 Å². The molecule has 2 saturated heterocycles. The standard InChI is InChI=1S/C18H22FN3O3/c1-2-20-11-14(9-16(20)23)18(25)22-8-7-21(17(24)12-22)10-13-3-5-15(19)6-4-13/h3-6,14H,2,7-12H2,1H3. The van der Waals surface area contributed by atoms with Gasteiger partial charge in [-0.15, -0.1) is 0 Å². The van der Waals surface area contributed by atoms with Gasteiger partial charge < -0.3 is 14.7 Å². The lowest BCUT2D eigenvalue weighted by atomic mass is 10.1. The van der Waals surface area contributed by atoms with E-state index < -0.39 is 0 Å².